The third kappa shape index (κ3) is 1.55. The first-order valence-corrected chi connectivity index (χ1v) is 4.77. The maximum absolute atomic E-state index is 5.79. The standard InChI is InChI=1S/C10H16N2O/c1-10(2,3)8-4-5-9-11-6-7-12(9)13-8/h6-8H,4-5H2,1-3H3. The van der Waals surface area contributed by atoms with Crippen LogP contribution in [0.4, 0.5) is 0 Å². The smallest absolute Gasteiger partial charge is 0.144 e. The van der Waals surface area contributed by atoms with Crippen molar-refractivity contribution in [1.29, 1.82) is 0 Å². The zero-order valence-corrected chi connectivity index (χ0v) is 8.45. The Hall–Kier alpha value is -0.990. The Kier molecular flexibility index (Phi) is 1.82. The van der Waals surface area contributed by atoms with E-state index in [1.807, 2.05) is 6.20 Å². The molecule has 0 saturated carbocycles. The molecular weight excluding hydrogens is 164 g/mol. The number of hydrogen-bond acceptors (Lipinski definition) is 2. The van der Waals surface area contributed by atoms with Crippen LogP contribution in [0.2, 0.25) is 0 Å². The van der Waals surface area contributed by atoms with E-state index in [1.54, 1.807) is 10.9 Å². The van der Waals surface area contributed by atoms with Crippen molar-refractivity contribution < 1.29 is 4.84 Å². The first-order valence-electron chi connectivity index (χ1n) is 4.77. The first-order chi connectivity index (χ1) is 6.07. The lowest BCUT2D eigenvalue weighted by Gasteiger charge is -2.34. The SMILES string of the molecule is CC(C)(C)C1CCc2nccn2O1. The van der Waals surface area contributed by atoms with E-state index in [4.69, 9.17) is 4.84 Å². The molecule has 1 aromatic rings. The van der Waals surface area contributed by atoms with Crippen LogP contribution in [-0.2, 0) is 6.42 Å². The van der Waals surface area contributed by atoms with Crippen molar-refractivity contribution in [3.8, 4) is 0 Å². The number of fused-ring (bicyclic) bond motifs is 1. The van der Waals surface area contributed by atoms with E-state index in [0.717, 1.165) is 18.7 Å². The molecule has 1 aromatic heterocycles. The largest absolute Gasteiger partial charge is 0.409 e. The summed E-state index contributed by atoms with van der Waals surface area (Å²) in [5.41, 5.74) is 0.210. The highest BCUT2D eigenvalue weighted by Gasteiger charge is 2.30. The van der Waals surface area contributed by atoms with Crippen molar-refractivity contribution in [2.24, 2.45) is 5.41 Å². The molecular formula is C10H16N2O. The van der Waals surface area contributed by atoms with Gasteiger partial charge in [0.25, 0.3) is 0 Å². The number of aryl methyl sites for hydroxylation is 1. The molecule has 0 spiro atoms. The van der Waals surface area contributed by atoms with E-state index in [1.165, 1.54) is 0 Å². The summed E-state index contributed by atoms with van der Waals surface area (Å²) in [5.74, 6) is 1.04. The lowest BCUT2D eigenvalue weighted by Crippen LogP contribution is -2.40. The van der Waals surface area contributed by atoms with Gasteiger partial charge in [0.15, 0.2) is 0 Å². The predicted molar refractivity (Wildman–Crippen MR) is 50.4 cm³/mol. The fraction of sp³-hybridized carbons (Fsp3) is 0.700. The highest BCUT2D eigenvalue weighted by Crippen LogP contribution is 2.26. The van der Waals surface area contributed by atoms with Gasteiger partial charge in [-0.1, -0.05) is 20.8 Å². The summed E-state index contributed by atoms with van der Waals surface area (Å²) in [5, 5.41) is 0. The fourth-order valence-corrected chi connectivity index (χ4v) is 1.63. The second kappa shape index (κ2) is 2.76. The van der Waals surface area contributed by atoms with E-state index in [0.29, 0.717) is 6.10 Å². The Bertz CT molecular complexity index is 298. The Morgan fingerprint density at radius 1 is 1.54 bits per heavy atom. The molecule has 1 aliphatic heterocycles. The highest BCUT2D eigenvalue weighted by molar-refractivity contribution is 4.95. The maximum Gasteiger partial charge on any atom is 0.144 e. The molecule has 2 rings (SSSR count). The summed E-state index contributed by atoms with van der Waals surface area (Å²) in [4.78, 5) is 10.0. The Labute approximate surface area is 78.7 Å². The minimum absolute atomic E-state index is 0.210. The molecule has 3 nitrogen and oxygen atoms in total. The van der Waals surface area contributed by atoms with Crippen LogP contribution in [0.1, 0.15) is 33.0 Å². The van der Waals surface area contributed by atoms with Gasteiger partial charge in [0.1, 0.15) is 11.9 Å². The van der Waals surface area contributed by atoms with Crippen LogP contribution >= 0.6 is 0 Å². The molecule has 0 aliphatic carbocycles. The summed E-state index contributed by atoms with van der Waals surface area (Å²) in [6.45, 7) is 6.62. The average molecular weight is 180 g/mol. The third-order valence-electron chi connectivity index (χ3n) is 2.52. The zero-order chi connectivity index (χ0) is 9.47. The van der Waals surface area contributed by atoms with Crippen LogP contribution in [0.25, 0.3) is 0 Å². The molecule has 0 radical (unpaired) electrons. The molecule has 0 bridgehead atoms. The fourth-order valence-electron chi connectivity index (χ4n) is 1.63. The molecule has 1 aliphatic rings. The summed E-state index contributed by atoms with van der Waals surface area (Å²) < 4.78 is 1.80. The van der Waals surface area contributed by atoms with Crippen LogP contribution in [0.15, 0.2) is 12.4 Å². The summed E-state index contributed by atoms with van der Waals surface area (Å²) >= 11 is 0. The Balaban J connectivity index is 2.18. The molecule has 0 fully saturated rings. The lowest BCUT2D eigenvalue weighted by molar-refractivity contribution is -0.0519. The molecule has 72 valence electrons. The third-order valence-corrected chi connectivity index (χ3v) is 2.52. The number of nitrogens with zero attached hydrogens (tertiary/aromatic N) is 2. The molecule has 2 heterocycles. The molecule has 0 aromatic carbocycles. The van der Waals surface area contributed by atoms with Crippen molar-refractivity contribution in [2.45, 2.75) is 39.7 Å². The first kappa shape index (κ1) is 8.60. The van der Waals surface area contributed by atoms with Crippen molar-refractivity contribution in [2.75, 3.05) is 0 Å². The summed E-state index contributed by atoms with van der Waals surface area (Å²) in [7, 11) is 0. The van der Waals surface area contributed by atoms with Gasteiger partial charge in [-0.25, -0.2) is 4.98 Å². The second-order valence-electron chi connectivity index (χ2n) is 4.67. The van der Waals surface area contributed by atoms with E-state index in [2.05, 4.69) is 25.8 Å². The molecule has 13 heavy (non-hydrogen) atoms. The quantitative estimate of drug-likeness (QED) is 0.607. The minimum atomic E-state index is 0.210. The van der Waals surface area contributed by atoms with Crippen molar-refractivity contribution in [1.82, 2.24) is 9.71 Å². The molecule has 3 heteroatoms. The van der Waals surface area contributed by atoms with Crippen molar-refractivity contribution in [3.63, 3.8) is 0 Å². The van der Waals surface area contributed by atoms with E-state index in [-0.39, 0.29) is 5.41 Å². The zero-order valence-electron chi connectivity index (χ0n) is 8.45. The van der Waals surface area contributed by atoms with Gasteiger partial charge in [-0.05, 0) is 6.42 Å². The molecule has 1 unspecified atom stereocenters. The summed E-state index contributed by atoms with van der Waals surface area (Å²) in [6.07, 6.45) is 6.07. The topological polar surface area (TPSA) is 27.1 Å². The van der Waals surface area contributed by atoms with E-state index < -0.39 is 0 Å². The highest BCUT2D eigenvalue weighted by atomic mass is 16.7. The van der Waals surface area contributed by atoms with Crippen molar-refractivity contribution in [3.05, 3.63) is 18.2 Å². The van der Waals surface area contributed by atoms with Crippen molar-refractivity contribution >= 4 is 0 Å². The van der Waals surface area contributed by atoms with Crippen LogP contribution in [0.3, 0.4) is 0 Å². The van der Waals surface area contributed by atoms with E-state index >= 15 is 0 Å². The minimum Gasteiger partial charge on any atom is -0.409 e. The Morgan fingerprint density at radius 2 is 2.31 bits per heavy atom. The van der Waals surface area contributed by atoms with Crippen LogP contribution in [-0.4, -0.2) is 15.8 Å². The Morgan fingerprint density at radius 3 is 3.00 bits per heavy atom. The number of imidazole rings is 1. The van der Waals surface area contributed by atoms with Gasteiger partial charge in [0, 0.05) is 18.0 Å². The number of rotatable bonds is 0. The maximum atomic E-state index is 5.79. The second-order valence-corrected chi connectivity index (χ2v) is 4.67. The van der Waals surface area contributed by atoms with Gasteiger partial charge in [0.05, 0.1) is 6.20 Å². The van der Waals surface area contributed by atoms with E-state index in [9.17, 15) is 0 Å². The average Bonchev–Trinajstić information content (AvgIpc) is 2.47. The summed E-state index contributed by atoms with van der Waals surface area (Å²) in [6, 6.07) is 0. The monoisotopic (exact) mass is 180 g/mol. The van der Waals surface area contributed by atoms with Crippen LogP contribution in [0, 0.1) is 5.41 Å². The van der Waals surface area contributed by atoms with Gasteiger partial charge in [-0.2, -0.15) is 4.73 Å². The number of hydrogen-bond donors (Lipinski definition) is 0. The lowest BCUT2D eigenvalue weighted by atomic mass is 9.86. The molecule has 1 atom stereocenters. The predicted octanol–water partition coefficient (Wildman–Crippen LogP) is 1.67. The number of aromatic nitrogens is 2. The molecule has 0 amide bonds. The van der Waals surface area contributed by atoms with Crippen LogP contribution < -0.4 is 4.84 Å². The molecule has 0 saturated heterocycles. The van der Waals surface area contributed by atoms with Gasteiger partial charge >= 0.3 is 0 Å². The molecule has 0 N–H and O–H groups in total. The van der Waals surface area contributed by atoms with Gasteiger partial charge in [-0.3, -0.25) is 0 Å². The van der Waals surface area contributed by atoms with Gasteiger partial charge in [0.2, 0.25) is 0 Å². The normalized spacial score (nSPS) is 22.2. The van der Waals surface area contributed by atoms with Gasteiger partial charge < -0.3 is 4.84 Å². The van der Waals surface area contributed by atoms with Crippen LogP contribution in [0.5, 0.6) is 0 Å². The van der Waals surface area contributed by atoms with Gasteiger partial charge in [-0.15, -0.1) is 0 Å².